The van der Waals surface area contributed by atoms with Crippen molar-refractivity contribution < 1.29 is 48.0 Å². The summed E-state index contributed by atoms with van der Waals surface area (Å²) in [5.41, 5.74) is 0. The maximum atomic E-state index is 8.38. The van der Waals surface area contributed by atoms with Crippen molar-refractivity contribution in [1.82, 2.24) is 0 Å². The van der Waals surface area contributed by atoms with Crippen LogP contribution < -0.4 is 0 Å². The van der Waals surface area contributed by atoms with Gasteiger partial charge in [0.25, 0.3) is 0 Å². The van der Waals surface area contributed by atoms with Crippen molar-refractivity contribution in [3.05, 3.63) is 0 Å². The summed E-state index contributed by atoms with van der Waals surface area (Å²) in [7, 11) is 0. The maximum absolute atomic E-state index is 8.38. The van der Waals surface area contributed by atoms with Gasteiger partial charge in [0, 0.05) is 26.2 Å². The van der Waals surface area contributed by atoms with Crippen LogP contribution in [0.1, 0.15) is 0 Å². The predicted octanol–water partition coefficient (Wildman–Crippen LogP) is -1.31. The van der Waals surface area contributed by atoms with E-state index in [4.69, 9.17) is 3.57 Å². The Balaban J connectivity index is -0.00000000500. The summed E-state index contributed by atoms with van der Waals surface area (Å²) in [4.78, 5) is 0. The second-order valence-electron chi connectivity index (χ2n) is 0. The summed E-state index contributed by atoms with van der Waals surface area (Å²) in [6.45, 7) is 0. The fourth-order valence-corrected chi connectivity index (χ4v) is 0. The molecule has 0 aromatic carbocycles. The Morgan fingerprint density at radius 1 is 1.25 bits per heavy atom. The molecule has 4 heavy (non-hydrogen) atoms. The molecule has 4 heteroatoms. The zero-order valence-corrected chi connectivity index (χ0v) is 7.04. The van der Waals surface area contributed by atoms with E-state index in [9.17, 15) is 0 Å². The Hall–Kier alpha value is 2.18. The second-order valence-corrected chi connectivity index (χ2v) is 0. The molecule has 0 spiro atoms. The van der Waals surface area contributed by atoms with Crippen LogP contribution in [-0.2, 0) is 48.0 Å². The Bertz CT molecular complexity index is 8.00. The third kappa shape index (κ3) is 8.90. The molecule has 18 valence electrons. The number of hydrogen-bond donors (Lipinski definition) is 0. The monoisotopic (exact) mass is 288 g/mol. The quantitative estimate of drug-likeness (QED) is 0.507. The average Bonchev–Trinajstić information content (AvgIpc) is 1.00. The van der Waals surface area contributed by atoms with Crippen LogP contribution in [0.4, 0.5) is 0 Å². The van der Waals surface area contributed by atoms with Gasteiger partial charge in [0.1, 0.15) is 0 Å². The molecule has 0 aromatic heterocycles. The normalized spacial score (nSPS) is 1.50. The Labute approximate surface area is 72.8 Å². The van der Waals surface area contributed by atoms with E-state index in [-0.39, 0.29) is 70.3 Å². The van der Waals surface area contributed by atoms with Crippen molar-refractivity contribution in [1.29, 1.82) is 0 Å². The van der Waals surface area contributed by atoms with Crippen molar-refractivity contribution in [3.8, 4) is 0 Å². The summed E-state index contributed by atoms with van der Waals surface area (Å²) in [6, 6.07) is 0. The minimum atomic E-state index is 0. The van der Waals surface area contributed by atoms with Gasteiger partial charge in [-0.05, 0) is 0 Å². The Morgan fingerprint density at radius 3 is 1.25 bits per heavy atom. The third-order valence-corrected chi connectivity index (χ3v) is 0. The van der Waals surface area contributed by atoms with E-state index in [0.717, 1.165) is 0 Å². The van der Waals surface area contributed by atoms with E-state index in [0.29, 0.717) is 0 Å². The van der Waals surface area contributed by atoms with Gasteiger partial charge < -0.3 is 0 Å². The van der Waals surface area contributed by atoms with Gasteiger partial charge in [-0.15, -0.1) is 0 Å². The van der Waals surface area contributed by atoms with E-state index in [1.807, 2.05) is 0 Å². The summed E-state index contributed by atoms with van der Waals surface area (Å²) in [5, 5.41) is 0. The first-order valence-corrected chi connectivity index (χ1v) is 1.50. The molecule has 0 unspecified atom stereocenters. The third-order valence-electron chi connectivity index (χ3n) is 0. The molecule has 0 saturated heterocycles. The molecule has 0 aliphatic heterocycles. The standard InChI is InChI=1S/In.O.Zn.Zr.3H. The molecule has 1 nitrogen and oxygen atoms in total. The molecule has 0 aliphatic carbocycles. The van der Waals surface area contributed by atoms with Crippen molar-refractivity contribution >= 4 is 25.8 Å². The fourth-order valence-electron chi connectivity index (χ4n) is 0. The van der Waals surface area contributed by atoms with Gasteiger partial charge in [-0.3, -0.25) is 0 Å². The first-order valence-electron chi connectivity index (χ1n) is 0.289. The topological polar surface area (TPSA) is 17.1 Å². The largest absolute Gasteiger partial charge is 0 e. The molecule has 0 N–H and O–H groups in total. The van der Waals surface area contributed by atoms with Crippen molar-refractivity contribution in [2.45, 2.75) is 0 Å². The van der Waals surface area contributed by atoms with Gasteiger partial charge in [0.2, 0.25) is 0 Å². The summed E-state index contributed by atoms with van der Waals surface area (Å²) in [6.07, 6.45) is 0. The summed E-state index contributed by atoms with van der Waals surface area (Å²) >= 11 is 0.125. The van der Waals surface area contributed by atoms with Crippen LogP contribution in [0.15, 0.2) is 0 Å². The summed E-state index contributed by atoms with van der Waals surface area (Å²) < 4.78 is 8.38. The maximum Gasteiger partial charge on any atom is 0 e. The van der Waals surface area contributed by atoms with Crippen LogP contribution in [-0.4, -0.2) is 25.8 Å². The zero-order valence-electron chi connectivity index (χ0n) is 1.62. The minimum absolute atomic E-state index is 0. The van der Waals surface area contributed by atoms with Crippen LogP contribution in [0, 0.1) is 0 Å². The molecular formula is H3InOZnZr. The van der Waals surface area contributed by atoms with Crippen molar-refractivity contribution in [2.75, 3.05) is 0 Å². The van der Waals surface area contributed by atoms with Gasteiger partial charge in [0.05, 0.1) is 0 Å². The smallest absolute Gasteiger partial charge is 0 e. The van der Waals surface area contributed by atoms with Gasteiger partial charge >= 0.3 is 47.7 Å². The molecule has 0 radical (unpaired) electrons. The van der Waals surface area contributed by atoms with Crippen LogP contribution >= 0.6 is 0 Å². The molecule has 0 saturated carbocycles. The van der Waals surface area contributed by atoms with Crippen LogP contribution in [0.3, 0.4) is 0 Å². The SMILES string of the molecule is [InH3].[O]=[Zn].[Zr]. The van der Waals surface area contributed by atoms with Crippen molar-refractivity contribution in [3.63, 3.8) is 0 Å². The molecule has 0 aliphatic rings. The Kier molecular flexibility index (Phi) is 78.2. The molecule has 0 amide bonds. The molecule has 0 aromatic rings. The second kappa shape index (κ2) is 19.1. The van der Waals surface area contributed by atoms with Gasteiger partial charge in [-0.2, -0.15) is 0 Å². The molecular weight excluding hydrogens is 287 g/mol. The molecule has 0 rings (SSSR count). The molecule has 0 bridgehead atoms. The van der Waals surface area contributed by atoms with E-state index in [1.165, 1.54) is 0 Å². The zero-order chi connectivity index (χ0) is 2.00. The summed E-state index contributed by atoms with van der Waals surface area (Å²) in [5.74, 6) is 0. The van der Waals surface area contributed by atoms with Gasteiger partial charge in [-0.1, -0.05) is 0 Å². The van der Waals surface area contributed by atoms with Crippen LogP contribution in [0.2, 0.25) is 0 Å². The van der Waals surface area contributed by atoms with Gasteiger partial charge in [-0.25, -0.2) is 0 Å². The van der Waals surface area contributed by atoms with E-state index in [2.05, 4.69) is 0 Å². The van der Waals surface area contributed by atoms with E-state index < -0.39 is 0 Å². The molecule has 0 heterocycles. The minimum Gasteiger partial charge on any atom is 0 e. The molecule has 0 fully saturated rings. The number of hydrogen-bond acceptors (Lipinski definition) is 1. The Morgan fingerprint density at radius 2 is 1.25 bits per heavy atom. The van der Waals surface area contributed by atoms with E-state index in [1.54, 1.807) is 0 Å². The first-order chi connectivity index (χ1) is 1.00. The van der Waals surface area contributed by atoms with Crippen LogP contribution in [0.5, 0.6) is 0 Å². The van der Waals surface area contributed by atoms with Gasteiger partial charge in [0.15, 0.2) is 0 Å². The number of rotatable bonds is 0. The molecule has 0 atom stereocenters. The predicted molar refractivity (Wildman–Crippen MR) is 10.6 cm³/mol. The van der Waals surface area contributed by atoms with Crippen LogP contribution in [0.25, 0.3) is 0 Å². The van der Waals surface area contributed by atoms with E-state index >= 15 is 0 Å². The average molecular weight is 290 g/mol. The fraction of sp³-hybridized carbons (Fsp3) is 0. The van der Waals surface area contributed by atoms with Crippen molar-refractivity contribution in [2.24, 2.45) is 0 Å². The first kappa shape index (κ1) is 16.4.